The van der Waals surface area contributed by atoms with Crippen LogP contribution in [0.1, 0.15) is 50.7 Å². The zero-order valence-electron chi connectivity index (χ0n) is 15.7. The maximum atomic E-state index is 10.3. The van der Waals surface area contributed by atoms with Gasteiger partial charge in [0.2, 0.25) is 17.1 Å². The molecule has 0 spiro atoms. The Labute approximate surface area is 164 Å². The lowest BCUT2D eigenvalue weighted by molar-refractivity contribution is -0.299. The highest BCUT2D eigenvalue weighted by Gasteiger charge is 2.80. The van der Waals surface area contributed by atoms with E-state index in [1.807, 2.05) is 0 Å². The Balaban J connectivity index is 1.93. The van der Waals surface area contributed by atoms with Crippen molar-refractivity contribution in [1.29, 1.82) is 21.2 Å². The molecule has 1 N–H and O–H groups in total. The number of nitriles is 3. The van der Waals surface area contributed by atoms with Gasteiger partial charge in [0.15, 0.2) is 5.41 Å². The second-order valence-corrected chi connectivity index (χ2v) is 7.96. The molecule has 28 heavy (non-hydrogen) atoms. The van der Waals surface area contributed by atoms with E-state index in [4.69, 9.17) is 14.9 Å². The number of nitrogens with one attached hydrogen (secondary N) is 1. The average Bonchev–Trinajstić information content (AvgIpc) is 2.93. The summed E-state index contributed by atoms with van der Waals surface area (Å²) in [6.07, 6.45) is 6.15. The molecule has 3 heterocycles. The first-order valence-corrected chi connectivity index (χ1v) is 9.63. The Morgan fingerprint density at radius 2 is 2.07 bits per heavy atom. The molecular formula is C21H21N5O2. The Bertz CT molecular complexity index is 913. The highest BCUT2D eigenvalue weighted by molar-refractivity contribution is 5.89. The van der Waals surface area contributed by atoms with Gasteiger partial charge in [-0.3, -0.25) is 10.4 Å². The van der Waals surface area contributed by atoms with Crippen molar-refractivity contribution in [3.05, 3.63) is 30.1 Å². The predicted molar refractivity (Wildman–Crippen MR) is 97.0 cm³/mol. The first-order valence-electron chi connectivity index (χ1n) is 9.63. The Morgan fingerprint density at radius 1 is 1.29 bits per heavy atom. The highest BCUT2D eigenvalue weighted by atomic mass is 16.7. The van der Waals surface area contributed by atoms with Gasteiger partial charge in [-0.1, -0.05) is 25.8 Å². The molecule has 2 aliphatic heterocycles. The lowest BCUT2D eigenvalue weighted by Gasteiger charge is -2.52. The molecule has 2 bridgehead atoms. The van der Waals surface area contributed by atoms with E-state index in [-0.39, 0.29) is 5.90 Å². The molecular weight excluding hydrogens is 354 g/mol. The summed E-state index contributed by atoms with van der Waals surface area (Å²) >= 11 is 0. The molecule has 0 aromatic carbocycles. The molecule has 7 nitrogen and oxygen atoms in total. The van der Waals surface area contributed by atoms with E-state index in [0.717, 1.165) is 19.3 Å². The third-order valence-electron chi connectivity index (χ3n) is 6.70. The summed E-state index contributed by atoms with van der Waals surface area (Å²) in [5.41, 5.74) is -3.01. The predicted octanol–water partition coefficient (Wildman–Crippen LogP) is 3.62. The van der Waals surface area contributed by atoms with Gasteiger partial charge < -0.3 is 9.47 Å². The maximum absolute atomic E-state index is 10.3. The molecule has 0 radical (unpaired) electrons. The Hall–Kier alpha value is -2.95. The van der Waals surface area contributed by atoms with Crippen molar-refractivity contribution in [3.63, 3.8) is 0 Å². The van der Waals surface area contributed by atoms with Crippen LogP contribution in [0.15, 0.2) is 24.5 Å². The fourth-order valence-corrected chi connectivity index (χ4v) is 5.42. The molecule has 3 fully saturated rings. The minimum absolute atomic E-state index is 0.313. The number of pyridine rings is 1. The Morgan fingerprint density at radius 3 is 2.68 bits per heavy atom. The van der Waals surface area contributed by atoms with Crippen molar-refractivity contribution in [2.24, 2.45) is 22.7 Å². The van der Waals surface area contributed by atoms with E-state index < -0.39 is 28.6 Å². The van der Waals surface area contributed by atoms with Crippen LogP contribution in [0.5, 0.6) is 0 Å². The Kier molecular flexibility index (Phi) is 4.14. The van der Waals surface area contributed by atoms with E-state index in [0.29, 0.717) is 24.3 Å². The first-order chi connectivity index (χ1) is 13.5. The second-order valence-electron chi connectivity index (χ2n) is 7.96. The standard InChI is InChI=1S/C21H21N5O2/c1-2-4-14-6-7-21-16(9-14)20(13-24,18(25)28-21)19(11-22,12-23)17(27-21)15-5-3-8-26-10-15/h3,5,8,10,14,16-17,25H,2,4,6-7,9H2,1H3. The molecule has 142 valence electrons. The van der Waals surface area contributed by atoms with Crippen molar-refractivity contribution in [3.8, 4) is 18.2 Å². The molecule has 5 unspecified atom stereocenters. The first kappa shape index (κ1) is 18.4. The number of nitrogens with zero attached hydrogens (tertiary/aromatic N) is 4. The molecule has 1 aromatic rings. The molecule has 2 saturated heterocycles. The van der Waals surface area contributed by atoms with Gasteiger partial charge in [-0.05, 0) is 24.8 Å². The summed E-state index contributed by atoms with van der Waals surface area (Å²) in [7, 11) is 0. The van der Waals surface area contributed by atoms with Gasteiger partial charge >= 0.3 is 0 Å². The van der Waals surface area contributed by atoms with Crippen LogP contribution >= 0.6 is 0 Å². The minimum atomic E-state index is -1.89. The lowest BCUT2D eigenvalue weighted by Crippen LogP contribution is -2.61. The fourth-order valence-electron chi connectivity index (χ4n) is 5.42. The SMILES string of the molecule is CCCC1CCC23OC(=N)C(C#N)(C2C1)C(C#N)(C#N)C(c1cccnc1)O3. The zero-order valence-corrected chi connectivity index (χ0v) is 15.7. The summed E-state index contributed by atoms with van der Waals surface area (Å²) in [4.78, 5) is 4.09. The maximum Gasteiger partial charge on any atom is 0.217 e. The monoisotopic (exact) mass is 375 g/mol. The van der Waals surface area contributed by atoms with Crippen LogP contribution in [0.2, 0.25) is 0 Å². The van der Waals surface area contributed by atoms with E-state index in [9.17, 15) is 15.8 Å². The summed E-state index contributed by atoms with van der Waals surface area (Å²) in [5.74, 6) is -1.62. The van der Waals surface area contributed by atoms with Crippen LogP contribution in [-0.2, 0) is 9.47 Å². The van der Waals surface area contributed by atoms with Gasteiger partial charge in [0.1, 0.15) is 6.10 Å². The largest absolute Gasteiger partial charge is 0.447 e. The van der Waals surface area contributed by atoms with Crippen molar-refractivity contribution in [1.82, 2.24) is 4.98 Å². The van der Waals surface area contributed by atoms with Crippen molar-refractivity contribution >= 4 is 5.90 Å². The average molecular weight is 375 g/mol. The van der Waals surface area contributed by atoms with Crippen LogP contribution in [0.25, 0.3) is 0 Å². The fraction of sp³-hybridized carbons (Fsp3) is 0.571. The van der Waals surface area contributed by atoms with Crippen molar-refractivity contribution < 1.29 is 9.47 Å². The molecule has 7 heteroatoms. The minimum Gasteiger partial charge on any atom is -0.447 e. The molecule has 1 aromatic heterocycles. The van der Waals surface area contributed by atoms with Gasteiger partial charge in [0.05, 0.1) is 24.1 Å². The van der Waals surface area contributed by atoms with Crippen LogP contribution in [0.4, 0.5) is 0 Å². The van der Waals surface area contributed by atoms with E-state index >= 15 is 0 Å². The van der Waals surface area contributed by atoms with Crippen LogP contribution in [-0.4, -0.2) is 16.7 Å². The van der Waals surface area contributed by atoms with Crippen LogP contribution in [0, 0.1) is 62.1 Å². The van der Waals surface area contributed by atoms with E-state index in [1.165, 1.54) is 0 Å². The molecule has 3 aliphatic rings. The second kappa shape index (κ2) is 6.30. The van der Waals surface area contributed by atoms with E-state index in [2.05, 4.69) is 30.1 Å². The summed E-state index contributed by atoms with van der Waals surface area (Å²) in [6, 6.07) is 9.82. The quantitative estimate of drug-likeness (QED) is 0.859. The number of rotatable bonds is 3. The molecule has 5 atom stereocenters. The molecule has 4 rings (SSSR count). The van der Waals surface area contributed by atoms with Gasteiger partial charge in [-0.2, -0.15) is 15.8 Å². The third-order valence-corrected chi connectivity index (χ3v) is 6.70. The highest BCUT2D eigenvalue weighted by Crippen LogP contribution is 2.70. The van der Waals surface area contributed by atoms with Gasteiger partial charge in [-0.25, -0.2) is 0 Å². The normalized spacial score (nSPS) is 37.6. The number of hydrogen-bond donors (Lipinski definition) is 1. The smallest absolute Gasteiger partial charge is 0.217 e. The molecule has 1 aliphatic carbocycles. The van der Waals surface area contributed by atoms with Crippen molar-refractivity contribution in [2.45, 2.75) is 50.9 Å². The van der Waals surface area contributed by atoms with Gasteiger partial charge in [0, 0.05) is 24.4 Å². The zero-order chi connectivity index (χ0) is 20.0. The topological polar surface area (TPSA) is 127 Å². The van der Waals surface area contributed by atoms with Crippen molar-refractivity contribution in [2.75, 3.05) is 0 Å². The molecule has 1 saturated carbocycles. The summed E-state index contributed by atoms with van der Waals surface area (Å²) in [6.45, 7) is 2.11. The van der Waals surface area contributed by atoms with Crippen LogP contribution < -0.4 is 0 Å². The number of hydrogen-bond acceptors (Lipinski definition) is 7. The van der Waals surface area contributed by atoms with E-state index in [1.54, 1.807) is 24.5 Å². The number of ether oxygens (including phenoxy) is 2. The van der Waals surface area contributed by atoms with Gasteiger partial charge in [-0.15, -0.1) is 0 Å². The number of aromatic nitrogens is 1. The molecule has 0 amide bonds. The summed E-state index contributed by atoms with van der Waals surface area (Å²) < 4.78 is 12.3. The third kappa shape index (κ3) is 2.04. The summed E-state index contributed by atoms with van der Waals surface area (Å²) in [5, 5.41) is 39.2. The lowest BCUT2D eigenvalue weighted by atomic mass is 9.50. The van der Waals surface area contributed by atoms with Gasteiger partial charge in [0.25, 0.3) is 0 Å². The van der Waals surface area contributed by atoms with Crippen LogP contribution in [0.3, 0.4) is 0 Å².